The van der Waals surface area contributed by atoms with Crippen LogP contribution in [0.4, 0.5) is 0 Å². The van der Waals surface area contributed by atoms with Crippen LogP contribution in [-0.4, -0.2) is 44.3 Å². The summed E-state index contributed by atoms with van der Waals surface area (Å²) in [7, 11) is 0. The fourth-order valence-corrected chi connectivity index (χ4v) is 2.68. The van der Waals surface area contributed by atoms with Crippen LogP contribution in [0.2, 0.25) is 0 Å². The molecule has 0 spiro atoms. The zero-order valence-corrected chi connectivity index (χ0v) is 11.7. The summed E-state index contributed by atoms with van der Waals surface area (Å²) in [6, 6.07) is 0. The molecule has 2 atom stereocenters. The van der Waals surface area contributed by atoms with Crippen LogP contribution in [0.3, 0.4) is 0 Å². The average molecular weight is 314 g/mol. The maximum atomic E-state index is 10.9. The molecule has 2 unspecified atom stereocenters. The number of carboxylic acids is 4. The molecular formula is C14H18O8. The monoisotopic (exact) mass is 314 g/mol. The fraction of sp³-hybridized carbons (Fsp3) is 0.571. The van der Waals surface area contributed by atoms with E-state index in [0.29, 0.717) is 12.8 Å². The Morgan fingerprint density at radius 3 is 1.77 bits per heavy atom. The summed E-state index contributed by atoms with van der Waals surface area (Å²) in [5.41, 5.74) is 0. The Labute approximate surface area is 126 Å². The van der Waals surface area contributed by atoms with E-state index in [1.54, 1.807) is 12.2 Å². The van der Waals surface area contributed by atoms with Gasteiger partial charge in [-0.15, -0.1) is 0 Å². The van der Waals surface area contributed by atoms with Gasteiger partial charge in [-0.05, 0) is 37.5 Å². The Morgan fingerprint density at radius 1 is 0.864 bits per heavy atom. The first-order valence-corrected chi connectivity index (χ1v) is 6.80. The Hall–Kier alpha value is -2.38. The number of carbonyl (C=O) groups is 4. The van der Waals surface area contributed by atoms with Crippen molar-refractivity contribution in [2.75, 3.05) is 0 Å². The number of aliphatic carboxylic acids is 4. The third-order valence-electron chi connectivity index (χ3n) is 3.81. The maximum Gasteiger partial charge on any atom is 0.317 e. The molecule has 0 fully saturated rings. The predicted molar refractivity (Wildman–Crippen MR) is 72.1 cm³/mol. The van der Waals surface area contributed by atoms with E-state index in [9.17, 15) is 19.2 Å². The molecule has 0 saturated carbocycles. The minimum Gasteiger partial charge on any atom is -0.481 e. The van der Waals surface area contributed by atoms with Crippen LogP contribution >= 0.6 is 0 Å². The van der Waals surface area contributed by atoms with Gasteiger partial charge in [-0.3, -0.25) is 19.2 Å². The van der Waals surface area contributed by atoms with Gasteiger partial charge < -0.3 is 20.4 Å². The largest absolute Gasteiger partial charge is 0.481 e. The topological polar surface area (TPSA) is 149 Å². The van der Waals surface area contributed by atoms with Gasteiger partial charge in [0.05, 0.1) is 0 Å². The number of carboxylic acid groups (broad SMARTS) is 4. The van der Waals surface area contributed by atoms with E-state index in [-0.39, 0.29) is 24.7 Å². The van der Waals surface area contributed by atoms with Crippen molar-refractivity contribution in [1.82, 2.24) is 0 Å². The molecule has 0 aliphatic heterocycles. The molecule has 0 amide bonds. The molecule has 0 aromatic rings. The minimum atomic E-state index is -1.52. The molecule has 4 N–H and O–H groups in total. The predicted octanol–water partition coefficient (Wildman–Crippen LogP) is 0.920. The molecule has 0 bridgehead atoms. The average Bonchev–Trinajstić information content (AvgIpc) is 2.41. The summed E-state index contributed by atoms with van der Waals surface area (Å²) in [5, 5.41) is 35.5. The first-order valence-electron chi connectivity index (χ1n) is 6.80. The van der Waals surface area contributed by atoms with Gasteiger partial charge >= 0.3 is 23.9 Å². The normalized spacial score (nSPS) is 21.0. The highest BCUT2D eigenvalue weighted by Gasteiger charge is 2.33. The van der Waals surface area contributed by atoms with E-state index in [1.807, 2.05) is 0 Å². The Kier molecular flexibility index (Phi) is 6.09. The highest BCUT2D eigenvalue weighted by molar-refractivity contribution is 5.93. The van der Waals surface area contributed by atoms with E-state index in [4.69, 9.17) is 20.4 Å². The maximum absolute atomic E-state index is 10.9. The van der Waals surface area contributed by atoms with Crippen molar-refractivity contribution in [2.24, 2.45) is 23.7 Å². The standard InChI is InChI=1S/C14H18O8/c15-11(16)9(12(17)18)5-7-2-1-3-8(4-7)6-10(13(19)20)14(21)22/h1-2,7-10H,3-6H2,(H,15,16)(H,17,18)(H,19,20)(H,21,22). The lowest BCUT2D eigenvalue weighted by atomic mass is 9.78. The van der Waals surface area contributed by atoms with E-state index < -0.39 is 35.7 Å². The third-order valence-corrected chi connectivity index (χ3v) is 3.81. The van der Waals surface area contributed by atoms with Crippen LogP contribution in [0.1, 0.15) is 25.7 Å². The van der Waals surface area contributed by atoms with E-state index >= 15 is 0 Å². The van der Waals surface area contributed by atoms with E-state index in [1.165, 1.54) is 0 Å². The quantitative estimate of drug-likeness (QED) is 0.381. The molecule has 1 aliphatic rings. The molecule has 8 heteroatoms. The van der Waals surface area contributed by atoms with Crippen LogP contribution in [0.5, 0.6) is 0 Å². The van der Waals surface area contributed by atoms with Gasteiger partial charge in [0.15, 0.2) is 11.8 Å². The lowest BCUT2D eigenvalue weighted by molar-refractivity contribution is -0.156. The molecular weight excluding hydrogens is 296 g/mol. The van der Waals surface area contributed by atoms with Crippen LogP contribution in [0.15, 0.2) is 12.2 Å². The van der Waals surface area contributed by atoms with Gasteiger partial charge in [0.1, 0.15) is 0 Å². The van der Waals surface area contributed by atoms with Crippen LogP contribution in [0.25, 0.3) is 0 Å². The summed E-state index contributed by atoms with van der Waals surface area (Å²) in [6.45, 7) is 0. The van der Waals surface area contributed by atoms with Crippen molar-refractivity contribution < 1.29 is 39.6 Å². The summed E-state index contributed by atoms with van der Waals surface area (Å²) in [4.78, 5) is 43.6. The molecule has 122 valence electrons. The minimum absolute atomic E-state index is 0.0592. The highest BCUT2D eigenvalue weighted by atomic mass is 16.4. The second-order valence-corrected chi connectivity index (χ2v) is 5.46. The van der Waals surface area contributed by atoms with Crippen molar-refractivity contribution in [2.45, 2.75) is 25.7 Å². The van der Waals surface area contributed by atoms with E-state index in [2.05, 4.69) is 0 Å². The van der Waals surface area contributed by atoms with Crippen molar-refractivity contribution in [3.63, 3.8) is 0 Å². The number of hydrogen-bond acceptors (Lipinski definition) is 4. The summed E-state index contributed by atoms with van der Waals surface area (Å²) in [6.07, 6.45) is 4.16. The zero-order chi connectivity index (χ0) is 16.9. The molecule has 0 aromatic heterocycles. The summed E-state index contributed by atoms with van der Waals surface area (Å²) >= 11 is 0. The smallest absolute Gasteiger partial charge is 0.317 e. The Morgan fingerprint density at radius 2 is 1.32 bits per heavy atom. The lowest BCUT2D eigenvalue weighted by Gasteiger charge is -2.26. The van der Waals surface area contributed by atoms with E-state index in [0.717, 1.165) is 0 Å². The van der Waals surface area contributed by atoms with Crippen molar-refractivity contribution in [3.05, 3.63) is 12.2 Å². The molecule has 0 radical (unpaired) electrons. The molecule has 0 heterocycles. The third kappa shape index (κ3) is 4.87. The highest BCUT2D eigenvalue weighted by Crippen LogP contribution is 2.32. The van der Waals surface area contributed by atoms with Crippen molar-refractivity contribution in [1.29, 1.82) is 0 Å². The van der Waals surface area contributed by atoms with Crippen molar-refractivity contribution >= 4 is 23.9 Å². The molecule has 1 aliphatic carbocycles. The lowest BCUT2D eigenvalue weighted by Crippen LogP contribution is -2.29. The second-order valence-electron chi connectivity index (χ2n) is 5.46. The van der Waals surface area contributed by atoms with Gasteiger partial charge in [-0.25, -0.2) is 0 Å². The van der Waals surface area contributed by atoms with Crippen LogP contribution in [-0.2, 0) is 19.2 Å². The van der Waals surface area contributed by atoms with Crippen LogP contribution < -0.4 is 0 Å². The first-order chi connectivity index (χ1) is 10.2. The molecule has 22 heavy (non-hydrogen) atoms. The Balaban J connectivity index is 2.68. The molecule has 0 saturated heterocycles. The van der Waals surface area contributed by atoms with Crippen LogP contribution in [0, 0.1) is 23.7 Å². The number of rotatable bonds is 8. The molecule has 8 nitrogen and oxygen atoms in total. The second kappa shape index (κ2) is 7.58. The van der Waals surface area contributed by atoms with Gasteiger partial charge in [-0.2, -0.15) is 0 Å². The van der Waals surface area contributed by atoms with Gasteiger partial charge in [0.2, 0.25) is 0 Å². The number of allylic oxidation sites excluding steroid dienone is 2. The molecule has 1 rings (SSSR count). The van der Waals surface area contributed by atoms with Gasteiger partial charge in [0.25, 0.3) is 0 Å². The SMILES string of the molecule is O=C(O)C(CC1C=CCC(CC(C(=O)O)C(=O)O)C1)C(=O)O. The van der Waals surface area contributed by atoms with Crippen molar-refractivity contribution in [3.8, 4) is 0 Å². The summed E-state index contributed by atoms with van der Waals surface area (Å²) < 4.78 is 0. The number of hydrogen-bond donors (Lipinski definition) is 4. The van der Waals surface area contributed by atoms with Gasteiger partial charge in [0, 0.05) is 0 Å². The first kappa shape index (κ1) is 17.7. The molecule has 0 aromatic carbocycles. The Bertz CT molecular complexity index is 467. The van der Waals surface area contributed by atoms with Gasteiger partial charge in [-0.1, -0.05) is 12.2 Å². The fourth-order valence-electron chi connectivity index (χ4n) is 2.68. The zero-order valence-electron chi connectivity index (χ0n) is 11.7. The summed E-state index contributed by atoms with van der Waals surface area (Å²) in [5.74, 6) is -9.24.